The molecule has 0 unspecified atom stereocenters. The summed E-state index contributed by atoms with van der Waals surface area (Å²) in [5.41, 5.74) is 0.517. The highest BCUT2D eigenvalue weighted by atomic mass is 16.7. The van der Waals surface area contributed by atoms with Crippen molar-refractivity contribution in [3.63, 3.8) is 0 Å². The third-order valence-corrected chi connectivity index (χ3v) is 1.72. The van der Waals surface area contributed by atoms with E-state index in [9.17, 15) is 4.79 Å². The number of hydrogen-bond donors (Lipinski definition) is 0. The Labute approximate surface area is 94.4 Å². The van der Waals surface area contributed by atoms with Crippen LogP contribution in [0.2, 0.25) is 0 Å². The molecule has 16 heavy (non-hydrogen) atoms. The van der Waals surface area contributed by atoms with Gasteiger partial charge in [0.1, 0.15) is 5.75 Å². The Balaban J connectivity index is 2.47. The van der Waals surface area contributed by atoms with E-state index in [-0.39, 0.29) is 5.92 Å². The lowest BCUT2D eigenvalue weighted by Gasteiger charge is -2.07. The van der Waals surface area contributed by atoms with Crippen molar-refractivity contribution in [2.24, 2.45) is 5.92 Å². The normalized spacial score (nSPS) is 9.62. The first-order chi connectivity index (χ1) is 7.61. The molecule has 1 rings (SSSR count). The van der Waals surface area contributed by atoms with Gasteiger partial charge in [-0.05, 0) is 30.2 Å². The van der Waals surface area contributed by atoms with Gasteiger partial charge in [0, 0.05) is 0 Å². The summed E-state index contributed by atoms with van der Waals surface area (Å²) in [6.45, 7) is 4.21. The predicted molar refractivity (Wildman–Crippen MR) is 58.0 cm³/mol. The summed E-state index contributed by atoms with van der Waals surface area (Å²) >= 11 is 0. The topological polar surface area (TPSA) is 59.3 Å². The number of carbonyl (C=O) groups is 1. The maximum absolute atomic E-state index is 11.2. The second-order valence-electron chi connectivity index (χ2n) is 3.69. The molecule has 0 saturated carbocycles. The van der Waals surface area contributed by atoms with Gasteiger partial charge in [0.25, 0.3) is 0 Å². The van der Waals surface area contributed by atoms with Crippen LogP contribution < -0.4 is 4.74 Å². The van der Waals surface area contributed by atoms with Gasteiger partial charge >= 0.3 is 6.16 Å². The van der Waals surface area contributed by atoms with Gasteiger partial charge in [-0.1, -0.05) is 13.8 Å². The zero-order chi connectivity index (χ0) is 12.0. The lowest BCUT2D eigenvalue weighted by atomic mass is 10.2. The van der Waals surface area contributed by atoms with Crippen molar-refractivity contribution < 1.29 is 14.3 Å². The minimum absolute atomic E-state index is 0.272. The van der Waals surface area contributed by atoms with Crippen LogP contribution in [-0.4, -0.2) is 12.8 Å². The largest absolute Gasteiger partial charge is 0.513 e. The monoisotopic (exact) mass is 219 g/mol. The quantitative estimate of drug-likeness (QED) is 0.579. The summed E-state index contributed by atoms with van der Waals surface area (Å²) in [6, 6.07) is 8.23. The molecule has 0 aliphatic rings. The second-order valence-corrected chi connectivity index (χ2v) is 3.69. The minimum atomic E-state index is -0.724. The molecule has 0 spiro atoms. The third kappa shape index (κ3) is 4.01. The molecule has 4 heteroatoms. The Morgan fingerprint density at radius 3 is 2.50 bits per heavy atom. The van der Waals surface area contributed by atoms with Crippen molar-refractivity contribution >= 4 is 6.16 Å². The standard InChI is InChI=1S/C12H13NO3/c1-9(2)8-15-12(14)16-11-5-3-10(7-13)4-6-11/h3-6,9H,8H2,1-2H3. The molecule has 0 atom stereocenters. The van der Waals surface area contributed by atoms with E-state index in [0.29, 0.717) is 17.9 Å². The van der Waals surface area contributed by atoms with Crippen LogP contribution in [0.1, 0.15) is 19.4 Å². The molecule has 1 aromatic carbocycles. The first-order valence-electron chi connectivity index (χ1n) is 4.96. The summed E-state index contributed by atoms with van der Waals surface area (Å²) in [5, 5.41) is 8.57. The molecule has 0 radical (unpaired) electrons. The average Bonchev–Trinajstić information content (AvgIpc) is 2.27. The van der Waals surface area contributed by atoms with Crippen LogP contribution in [0, 0.1) is 17.2 Å². The van der Waals surface area contributed by atoms with E-state index in [1.165, 1.54) is 0 Å². The zero-order valence-corrected chi connectivity index (χ0v) is 9.27. The summed E-state index contributed by atoms with van der Waals surface area (Å²) in [7, 11) is 0. The number of carbonyl (C=O) groups excluding carboxylic acids is 1. The molecule has 84 valence electrons. The van der Waals surface area contributed by atoms with Gasteiger partial charge in [-0.2, -0.15) is 5.26 Å². The second kappa shape index (κ2) is 5.76. The fourth-order valence-electron chi connectivity index (χ4n) is 0.958. The maximum atomic E-state index is 11.2. The van der Waals surface area contributed by atoms with Gasteiger partial charge in [0.15, 0.2) is 0 Å². The number of benzene rings is 1. The van der Waals surface area contributed by atoms with Crippen molar-refractivity contribution in [1.82, 2.24) is 0 Å². The highest BCUT2D eigenvalue weighted by Gasteiger charge is 2.06. The smallest absolute Gasteiger partial charge is 0.434 e. The van der Waals surface area contributed by atoms with E-state index in [2.05, 4.69) is 0 Å². The SMILES string of the molecule is CC(C)COC(=O)Oc1ccc(C#N)cc1. The highest BCUT2D eigenvalue weighted by molar-refractivity contribution is 5.63. The molecule has 4 nitrogen and oxygen atoms in total. The molecule has 0 heterocycles. The molecule has 0 N–H and O–H groups in total. The third-order valence-electron chi connectivity index (χ3n) is 1.72. The summed E-state index contributed by atoms with van der Waals surface area (Å²) < 4.78 is 9.73. The zero-order valence-electron chi connectivity index (χ0n) is 9.27. The lowest BCUT2D eigenvalue weighted by Crippen LogP contribution is -2.14. The Bertz CT molecular complexity index is 390. The van der Waals surface area contributed by atoms with Gasteiger partial charge < -0.3 is 9.47 Å². The van der Waals surface area contributed by atoms with E-state index >= 15 is 0 Å². The lowest BCUT2D eigenvalue weighted by molar-refractivity contribution is 0.0886. The molecule has 0 bridgehead atoms. The van der Waals surface area contributed by atoms with Gasteiger partial charge in [-0.25, -0.2) is 4.79 Å². The Morgan fingerprint density at radius 2 is 2.00 bits per heavy atom. The summed E-state index contributed by atoms with van der Waals surface area (Å²) in [5.74, 6) is 0.640. The number of hydrogen-bond acceptors (Lipinski definition) is 4. The van der Waals surface area contributed by atoms with Gasteiger partial charge in [-0.3, -0.25) is 0 Å². The van der Waals surface area contributed by atoms with Crippen LogP contribution in [0.5, 0.6) is 5.75 Å². The first kappa shape index (κ1) is 12.1. The van der Waals surface area contributed by atoms with Gasteiger partial charge in [0.2, 0.25) is 0 Å². The Morgan fingerprint density at radius 1 is 1.38 bits per heavy atom. The minimum Gasteiger partial charge on any atom is -0.434 e. The number of nitrogens with zero attached hydrogens (tertiary/aromatic N) is 1. The number of ether oxygens (including phenoxy) is 2. The van der Waals surface area contributed by atoms with Crippen LogP contribution in [0.15, 0.2) is 24.3 Å². The van der Waals surface area contributed by atoms with Crippen molar-refractivity contribution in [3.8, 4) is 11.8 Å². The Hall–Kier alpha value is -2.02. The number of nitriles is 1. The molecular weight excluding hydrogens is 206 g/mol. The first-order valence-corrected chi connectivity index (χ1v) is 4.96. The van der Waals surface area contributed by atoms with Crippen molar-refractivity contribution in [1.29, 1.82) is 5.26 Å². The van der Waals surface area contributed by atoms with Crippen molar-refractivity contribution in [2.45, 2.75) is 13.8 Å². The molecule has 0 amide bonds. The van der Waals surface area contributed by atoms with E-state index in [0.717, 1.165) is 0 Å². The summed E-state index contributed by atoms with van der Waals surface area (Å²) in [6.07, 6.45) is -0.724. The van der Waals surface area contributed by atoms with Crippen LogP contribution in [0.25, 0.3) is 0 Å². The molecular formula is C12H13NO3. The molecule has 0 fully saturated rings. The van der Waals surface area contributed by atoms with Crippen LogP contribution in [0.4, 0.5) is 4.79 Å². The molecule has 1 aromatic rings. The average molecular weight is 219 g/mol. The highest BCUT2D eigenvalue weighted by Crippen LogP contribution is 2.12. The van der Waals surface area contributed by atoms with Crippen LogP contribution in [-0.2, 0) is 4.74 Å². The Kier molecular flexibility index (Phi) is 4.34. The molecule has 0 aliphatic carbocycles. The van der Waals surface area contributed by atoms with E-state index in [1.807, 2.05) is 19.9 Å². The van der Waals surface area contributed by atoms with Crippen molar-refractivity contribution in [2.75, 3.05) is 6.61 Å². The fraction of sp³-hybridized carbons (Fsp3) is 0.333. The van der Waals surface area contributed by atoms with Crippen LogP contribution >= 0.6 is 0 Å². The van der Waals surface area contributed by atoms with Gasteiger partial charge in [0.05, 0.1) is 18.2 Å². The summed E-state index contributed by atoms with van der Waals surface area (Å²) in [4.78, 5) is 11.2. The molecule has 0 aromatic heterocycles. The van der Waals surface area contributed by atoms with E-state index in [1.54, 1.807) is 24.3 Å². The maximum Gasteiger partial charge on any atom is 0.513 e. The number of rotatable bonds is 3. The van der Waals surface area contributed by atoms with Crippen LogP contribution in [0.3, 0.4) is 0 Å². The van der Waals surface area contributed by atoms with Gasteiger partial charge in [-0.15, -0.1) is 0 Å². The molecule has 0 saturated heterocycles. The van der Waals surface area contributed by atoms with E-state index < -0.39 is 6.16 Å². The predicted octanol–water partition coefficient (Wildman–Crippen LogP) is 2.73. The molecule has 0 aliphatic heterocycles. The van der Waals surface area contributed by atoms with Crippen molar-refractivity contribution in [3.05, 3.63) is 29.8 Å². The van der Waals surface area contributed by atoms with E-state index in [4.69, 9.17) is 14.7 Å². The fourth-order valence-corrected chi connectivity index (χ4v) is 0.958.